The molecule has 2 nitrogen and oxygen atoms in total. The van der Waals surface area contributed by atoms with Crippen LogP contribution in [0, 0.1) is 17.2 Å². The first kappa shape index (κ1) is 16.4. The maximum Gasteiger partial charge on any atom is 0.133 e. The van der Waals surface area contributed by atoms with E-state index in [2.05, 4.69) is 48.9 Å². The van der Waals surface area contributed by atoms with Gasteiger partial charge in [-0.1, -0.05) is 27.7 Å². The van der Waals surface area contributed by atoms with E-state index in [1.165, 1.54) is 12.1 Å². The number of hydrogen-bond acceptors (Lipinski definition) is 2. The molecule has 0 unspecified atom stereocenters. The smallest absolute Gasteiger partial charge is 0.133 e. The molecule has 4 heteroatoms. The van der Waals surface area contributed by atoms with Crippen molar-refractivity contribution in [1.29, 1.82) is 0 Å². The van der Waals surface area contributed by atoms with Crippen molar-refractivity contribution in [3.63, 3.8) is 0 Å². The zero-order valence-electron chi connectivity index (χ0n) is 12.1. The summed E-state index contributed by atoms with van der Waals surface area (Å²) in [5.74, 6) is 1.05. The molecule has 0 radical (unpaired) electrons. The summed E-state index contributed by atoms with van der Waals surface area (Å²) in [7, 11) is 0. The first-order chi connectivity index (χ1) is 8.80. The summed E-state index contributed by atoms with van der Waals surface area (Å²) >= 11 is 3.31. The van der Waals surface area contributed by atoms with Crippen LogP contribution in [0.15, 0.2) is 22.7 Å². The minimum absolute atomic E-state index is 0.0305. The lowest BCUT2D eigenvalue weighted by molar-refractivity contribution is 0.174. The lowest BCUT2D eigenvalue weighted by Gasteiger charge is -2.26. The molecule has 0 heterocycles. The third-order valence-corrected chi connectivity index (χ3v) is 3.29. The first-order valence-electron chi connectivity index (χ1n) is 6.59. The molecule has 0 saturated carbocycles. The second-order valence-electron chi connectivity index (χ2n) is 6.05. The van der Waals surface area contributed by atoms with Crippen LogP contribution in [0.25, 0.3) is 0 Å². The second-order valence-corrected chi connectivity index (χ2v) is 6.91. The number of benzene rings is 1. The van der Waals surface area contributed by atoms with Crippen molar-refractivity contribution in [2.24, 2.45) is 11.3 Å². The van der Waals surface area contributed by atoms with Crippen molar-refractivity contribution in [2.75, 3.05) is 19.7 Å². The highest BCUT2D eigenvalue weighted by Gasteiger charge is 2.19. The first-order valence-corrected chi connectivity index (χ1v) is 7.38. The minimum Gasteiger partial charge on any atom is -0.492 e. The Morgan fingerprint density at radius 3 is 2.63 bits per heavy atom. The second kappa shape index (κ2) is 7.25. The summed E-state index contributed by atoms with van der Waals surface area (Å²) in [5, 5.41) is 3.43. The van der Waals surface area contributed by atoms with Gasteiger partial charge in [0, 0.05) is 12.0 Å². The number of rotatable bonds is 7. The van der Waals surface area contributed by atoms with Gasteiger partial charge < -0.3 is 10.1 Å². The quantitative estimate of drug-likeness (QED) is 0.806. The fourth-order valence-corrected chi connectivity index (χ4v) is 2.08. The number of halogens is 2. The molecule has 1 rings (SSSR count). The van der Waals surface area contributed by atoms with Crippen LogP contribution in [0.3, 0.4) is 0 Å². The third-order valence-electron chi connectivity index (χ3n) is 2.67. The average molecular weight is 332 g/mol. The lowest BCUT2D eigenvalue weighted by atomic mass is 9.94. The maximum absolute atomic E-state index is 13.0. The van der Waals surface area contributed by atoms with Crippen molar-refractivity contribution in [3.05, 3.63) is 28.5 Å². The highest BCUT2D eigenvalue weighted by atomic mass is 79.9. The topological polar surface area (TPSA) is 21.3 Å². The molecule has 1 aromatic rings. The van der Waals surface area contributed by atoms with E-state index in [1.54, 1.807) is 6.07 Å². The molecule has 0 atom stereocenters. The molecule has 0 aromatic heterocycles. The normalized spacial score (nSPS) is 11.9. The molecule has 0 aliphatic heterocycles. The van der Waals surface area contributed by atoms with E-state index in [0.29, 0.717) is 22.7 Å². The number of ether oxygens (including phenoxy) is 1. The molecular weight excluding hydrogens is 309 g/mol. The van der Waals surface area contributed by atoms with E-state index >= 15 is 0 Å². The predicted molar refractivity (Wildman–Crippen MR) is 81.1 cm³/mol. The van der Waals surface area contributed by atoms with Crippen molar-refractivity contribution in [3.8, 4) is 5.75 Å². The van der Waals surface area contributed by atoms with Gasteiger partial charge in [0.05, 0.1) is 11.1 Å². The van der Waals surface area contributed by atoms with E-state index in [0.717, 1.165) is 13.1 Å². The van der Waals surface area contributed by atoms with Gasteiger partial charge in [-0.05, 0) is 46.6 Å². The maximum atomic E-state index is 13.0. The summed E-state index contributed by atoms with van der Waals surface area (Å²) in [6.45, 7) is 11.2. The highest BCUT2D eigenvalue weighted by Crippen LogP contribution is 2.27. The Labute approximate surface area is 123 Å². The van der Waals surface area contributed by atoms with Crippen LogP contribution < -0.4 is 10.1 Å². The average Bonchev–Trinajstić information content (AvgIpc) is 2.27. The van der Waals surface area contributed by atoms with Crippen molar-refractivity contribution in [2.45, 2.75) is 27.7 Å². The van der Waals surface area contributed by atoms with Crippen LogP contribution in [0.2, 0.25) is 0 Å². The summed E-state index contributed by atoms with van der Waals surface area (Å²) in [6.07, 6.45) is 0. The zero-order chi connectivity index (χ0) is 14.5. The molecule has 0 saturated heterocycles. The van der Waals surface area contributed by atoms with Gasteiger partial charge in [-0.3, -0.25) is 0 Å². The monoisotopic (exact) mass is 331 g/mol. The Morgan fingerprint density at radius 1 is 1.37 bits per heavy atom. The molecule has 0 spiro atoms. The van der Waals surface area contributed by atoms with Gasteiger partial charge in [0.15, 0.2) is 0 Å². The van der Waals surface area contributed by atoms with Crippen LogP contribution in [-0.4, -0.2) is 19.7 Å². The summed E-state index contributed by atoms with van der Waals surface area (Å²) in [5.41, 5.74) is 0.0305. The van der Waals surface area contributed by atoms with Gasteiger partial charge in [0.2, 0.25) is 0 Å². The Morgan fingerprint density at radius 2 is 2.05 bits per heavy atom. The molecule has 0 bridgehead atoms. The van der Waals surface area contributed by atoms with E-state index in [-0.39, 0.29) is 11.2 Å². The van der Waals surface area contributed by atoms with E-state index < -0.39 is 0 Å². The summed E-state index contributed by atoms with van der Waals surface area (Å²) < 4.78 is 19.4. The van der Waals surface area contributed by atoms with Crippen LogP contribution in [0.4, 0.5) is 4.39 Å². The number of nitrogens with one attached hydrogen (secondary N) is 1. The minimum atomic E-state index is -0.267. The summed E-state index contributed by atoms with van der Waals surface area (Å²) in [4.78, 5) is 0. The Bertz CT molecular complexity index is 407. The highest BCUT2D eigenvalue weighted by molar-refractivity contribution is 9.10. The number of hydrogen-bond donors (Lipinski definition) is 1. The zero-order valence-corrected chi connectivity index (χ0v) is 13.7. The largest absolute Gasteiger partial charge is 0.492 e. The standard InChI is InChI=1S/C15H23BrFNO/c1-11(2)8-18-9-15(3,4)10-19-14-6-5-12(17)7-13(14)16/h5-7,11,18H,8-10H2,1-4H3. The predicted octanol–water partition coefficient (Wildman–Crippen LogP) is 4.24. The molecular formula is C15H23BrFNO. The fourth-order valence-electron chi connectivity index (χ4n) is 1.62. The van der Waals surface area contributed by atoms with Crippen molar-refractivity contribution < 1.29 is 9.13 Å². The molecule has 19 heavy (non-hydrogen) atoms. The third kappa shape index (κ3) is 6.39. The molecule has 108 valence electrons. The molecule has 0 aliphatic carbocycles. The summed E-state index contributed by atoms with van der Waals surface area (Å²) in [6, 6.07) is 4.47. The molecule has 0 amide bonds. The van der Waals surface area contributed by atoms with E-state index in [4.69, 9.17) is 4.74 Å². The van der Waals surface area contributed by atoms with Gasteiger partial charge in [0.25, 0.3) is 0 Å². The van der Waals surface area contributed by atoms with E-state index in [9.17, 15) is 4.39 Å². The van der Waals surface area contributed by atoms with Crippen molar-refractivity contribution in [1.82, 2.24) is 5.32 Å². The molecule has 0 fully saturated rings. The Kier molecular flexibility index (Phi) is 6.27. The van der Waals surface area contributed by atoms with E-state index in [1.807, 2.05) is 0 Å². The van der Waals surface area contributed by atoms with Gasteiger partial charge in [-0.25, -0.2) is 4.39 Å². The van der Waals surface area contributed by atoms with Crippen LogP contribution in [0.5, 0.6) is 5.75 Å². The van der Waals surface area contributed by atoms with Crippen LogP contribution in [-0.2, 0) is 0 Å². The fraction of sp³-hybridized carbons (Fsp3) is 0.600. The van der Waals surface area contributed by atoms with Gasteiger partial charge in [-0.2, -0.15) is 0 Å². The Balaban J connectivity index is 2.45. The van der Waals surface area contributed by atoms with Gasteiger partial charge in [-0.15, -0.1) is 0 Å². The lowest BCUT2D eigenvalue weighted by Crippen LogP contribution is -2.35. The van der Waals surface area contributed by atoms with Gasteiger partial charge >= 0.3 is 0 Å². The SMILES string of the molecule is CC(C)CNCC(C)(C)COc1ccc(F)cc1Br. The molecule has 1 N–H and O–H groups in total. The van der Waals surface area contributed by atoms with Gasteiger partial charge in [0.1, 0.15) is 11.6 Å². The van der Waals surface area contributed by atoms with Crippen LogP contribution >= 0.6 is 15.9 Å². The molecule has 0 aliphatic rings. The molecule has 1 aromatic carbocycles. The van der Waals surface area contributed by atoms with Crippen LogP contribution in [0.1, 0.15) is 27.7 Å². The Hall–Kier alpha value is -0.610. The van der Waals surface area contributed by atoms with Crippen molar-refractivity contribution >= 4 is 15.9 Å².